The highest BCUT2D eigenvalue weighted by molar-refractivity contribution is 5.96. The number of amides is 1. The molecule has 1 aromatic rings. The lowest BCUT2D eigenvalue weighted by Crippen LogP contribution is -2.42. The van der Waals surface area contributed by atoms with Gasteiger partial charge in [-0.2, -0.15) is 0 Å². The maximum Gasteiger partial charge on any atom is 0.338 e. The van der Waals surface area contributed by atoms with Crippen LogP contribution in [-0.4, -0.2) is 24.5 Å². The van der Waals surface area contributed by atoms with Crippen molar-refractivity contribution >= 4 is 23.5 Å². The van der Waals surface area contributed by atoms with E-state index in [1.54, 1.807) is 24.3 Å². The number of ether oxygens (including phenoxy) is 1. The summed E-state index contributed by atoms with van der Waals surface area (Å²) in [4.78, 5) is 35.4. The summed E-state index contributed by atoms with van der Waals surface area (Å²) in [5.41, 5.74) is 0.942. The van der Waals surface area contributed by atoms with Crippen LogP contribution in [0.25, 0.3) is 0 Å². The van der Waals surface area contributed by atoms with Crippen LogP contribution in [0.2, 0.25) is 0 Å². The maximum atomic E-state index is 12.4. The molecule has 0 aromatic heterocycles. The zero-order valence-corrected chi connectivity index (χ0v) is 14.5. The fourth-order valence-corrected chi connectivity index (χ4v) is 3.04. The lowest BCUT2D eigenvalue weighted by Gasteiger charge is -2.31. The summed E-state index contributed by atoms with van der Waals surface area (Å²) >= 11 is 0. The number of benzene rings is 1. The van der Waals surface area contributed by atoms with Crippen LogP contribution < -0.4 is 10.4 Å². The number of hydrogen-bond acceptors (Lipinski definition) is 5. The lowest BCUT2D eigenvalue weighted by molar-refractivity contribution is -0.313. The highest BCUT2D eigenvalue weighted by Gasteiger charge is 2.31. The molecule has 1 saturated carbocycles. The fourth-order valence-electron chi connectivity index (χ4n) is 3.04. The van der Waals surface area contributed by atoms with Crippen LogP contribution in [0.5, 0.6) is 0 Å². The van der Waals surface area contributed by atoms with Crippen LogP contribution in [0.1, 0.15) is 55.8 Å². The number of aliphatic carboxylic acids is 1. The number of nitrogens with one attached hydrogen (secondary N) is 1. The van der Waals surface area contributed by atoms with Gasteiger partial charge >= 0.3 is 5.97 Å². The van der Waals surface area contributed by atoms with Crippen molar-refractivity contribution in [2.45, 2.75) is 45.4 Å². The van der Waals surface area contributed by atoms with Crippen molar-refractivity contribution in [3.63, 3.8) is 0 Å². The Hall–Kier alpha value is -2.37. The Morgan fingerprint density at radius 1 is 1.12 bits per heavy atom. The third-order valence-corrected chi connectivity index (χ3v) is 4.52. The number of unbranched alkanes of at least 4 members (excludes halogenated alkanes) is 1. The van der Waals surface area contributed by atoms with Crippen LogP contribution in [0.3, 0.4) is 0 Å². The first kappa shape index (κ1) is 19.0. The summed E-state index contributed by atoms with van der Waals surface area (Å²) in [6.45, 7) is 2.41. The van der Waals surface area contributed by atoms with Crippen LogP contribution in [0.15, 0.2) is 24.3 Å². The summed E-state index contributed by atoms with van der Waals surface area (Å²) in [5, 5.41) is 13.9. The van der Waals surface area contributed by atoms with Gasteiger partial charge in [0.15, 0.2) is 0 Å². The molecule has 1 amide bonds. The van der Waals surface area contributed by atoms with Crippen LogP contribution in [0, 0.1) is 11.8 Å². The Balaban J connectivity index is 1.94. The molecule has 1 aromatic carbocycles. The topological polar surface area (TPSA) is 95.5 Å². The summed E-state index contributed by atoms with van der Waals surface area (Å²) < 4.78 is 5.13. The Labute approximate surface area is 147 Å². The molecule has 0 unspecified atom stereocenters. The van der Waals surface area contributed by atoms with Gasteiger partial charge in [-0.15, -0.1) is 0 Å². The van der Waals surface area contributed by atoms with Crippen molar-refractivity contribution in [2.24, 2.45) is 11.8 Å². The highest BCUT2D eigenvalue weighted by Crippen LogP contribution is 2.30. The second-order valence-electron chi connectivity index (χ2n) is 6.37. The molecule has 0 saturated heterocycles. The summed E-state index contributed by atoms with van der Waals surface area (Å²) in [5.74, 6) is -3.17. The molecule has 0 spiro atoms. The average molecular weight is 346 g/mol. The maximum absolute atomic E-state index is 12.4. The van der Waals surface area contributed by atoms with E-state index >= 15 is 0 Å². The van der Waals surface area contributed by atoms with Gasteiger partial charge in [0.2, 0.25) is 5.91 Å². The number of esters is 1. The fraction of sp³-hybridized carbons (Fsp3) is 0.526. The number of carbonyl (C=O) groups is 3. The van der Waals surface area contributed by atoms with Gasteiger partial charge in [-0.1, -0.05) is 26.2 Å². The first-order chi connectivity index (χ1) is 12.0. The molecular formula is C19H24NO5-. The number of anilines is 1. The Morgan fingerprint density at radius 3 is 2.36 bits per heavy atom. The number of carboxylic acid groups (broad SMARTS) is 1. The van der Waals surface area contributed by atoms with Crippen LogP contribution in [0.4, 0.5) is 5.69 Å². The summed E-state index contributed by atoms with van der Waals surface area (Å²) in [6, 6.07) is 6.40. The molecule has 6 heteroatoms. The number of carboxylic acids is 1. The van der Waals surface area contributed by atoms with Crippen molar-refractivity contribution in [2.75, 3.05) is 11.9 Å². The average Bonchev–Trinajstić information content (AvgIpc) is 2.62. The zero-order valence-electron chi connectivity index (χ0n) is 14.5. The van der Waals surface area contributed by atoms with E-state index in [2.05, 4.69) is 5.32 Å². The van der Waals surface area contributed by atoms with Crippen molar-refractivity contribution < 1.29 is 24.2 Å². The molecule has 1 N–H and O–H groups in total. The zero-order chi connectivity index (χ0) is 18.2. The quantitative estimate of drug-likeness (QED) is 0.603. The minimum atomic E-state index is -1.16. The monoisotopic (exact) mass is 346 g/mol. The molecule has 136 valence electrons. The molecule has 6 nitrogen and oxygen atoms in total. The molecule has 2 rings (SSSR count). The molecule has 1 fully saturated rings. The molecule has 0 heterocycles. The molecule has 1 aliphatic carbocycles. The number of hydrogen-bond donors (Lipinski definition) is 1. The molecule has 25 heavy (non-hydrogen) atoms. The van der Waals surface area contributed by atoms with E-state index in [4.69, 9.17) is 4.74 Å². The Morgan fingerprint density at radius 2 is 1.76 bits per heavy atom. The normalized spacial score (nSPS) is 19.9. The van der Waals surface area contributed by atoms with Crippen molar-refractivity contribution in [1.29, 1.82) is 0 Å². The lowest BCUT2D eigenvalue weighted by atomic mass is 9.78. The third kappa shape index (κ3) is 5.31. The van der Waals surface area contributed by atoms with E-state index in [0.717, 1.165) is 25.7 Å². The van der Waals surface area contributed by atoms with Gasteiger partial charge in [0.05, 0.1) is 12.2 Å². The van der Waals surface area contributed by atoms with Gasteiger partial charge in [-0.25, -0.2) is 4.79 Å². The standard InChI is InChI=1S/C19H25NO5/c1-2-3-12-25-19(24)13-8-10-14(11-9-13)20-17(21)15-6-4-5-7-16(15)18(22)23/h8-11,15-16H,2-7,12H2,1H3,(H,20,21)(H,22,23)/p-1/t15-,16-/m0/s1. The Kier molecular flexibility index (Phi) is 6.98. The smallest absolute Gasteiger partial charge is 0.338 e. The van der Waals surface area contributed by atoms with Crippen molar-refractivity contribution in [3.8, 4) is 0 Å². The summed E-state index contributed by atoms with van der Waals surface area (Å²) in [6.07, 6.45) is 4.43. The third-order valence-electron chi connectivity index (χ3n) is 4.52. The van der Waals surface area contributed by atoms with E-state index in [-0.39, 0.29) is 5.91 Å². The van der Waals surface area contributed by atoms with Gasteiger partial charge < -0.3 is 20.0 Å². The number of rotatable bonds is 7. The van der Waals surface area contributed by atoms with Crippen molar-refractivity contribution in [3.05, 3.63) is 29.8 Å². The first-order valence-corrected chi connectivity index (χ1v) is 8.81. The van der Waals surface area contributed by atoms with E-state index in [0.29, 0.717) is 30.7 Å². The van der Waals surface area contributed by atoms with E-state index in [1.807, 2.05) is 6.92 Å². The summed E-state index contributed by atoms with van der Waals surface area (Å²) in [7, 11) is 0. The van der Waals surface area contributed by atoms with Gasteiger partial charge in [0.1, 0.15) is 0 Å². The van der Waals surface area contributed by atoms with E-state index in [1.165, 1.54) is 0 Å². The van der Waals surface area contributed by atoms with Gasteiger partial charge in [0, 0.05) is 23.5 Å². The van der Waals surface area contributed by atoms with E-state index < -0.39 is 23.8 Å². The first-order valence-electron chi connectivity index (χ1n) is 8.81. The second-order valence-corrected chi connectivity index (χ2v) is 6.37. The molecule has 2 atom stereocenters. The molecular weight excluding hydrogens is 322 g/mol. The minimum Gasteiger partial charge on any atom is -0.550 e. The van der Waals surface area contributed by atoms with Gasteiger partial charge in [0.25, 0.3) is 0 Å². The minimum absolute atomic E-state index is 0.313. The molecule has 0 aliphatic heterocycles. The SMILES string of the molecule is CCCCOC(=O)c1ccc(NC(=O)[C@H]2CCCC[C@@H]2C(=O)[O-])cc1. The second kappa shape index (κ2) is 9.20. The van der Waals surface area contributed by atoms with Crippen LogP contribution in [-0.2, 0) is 14.3 Å². The van der Waals surface area contributed by atoms with E-state index in [9.17, 15) is 19.5 Å². The molecule has 0 bridgehead atoms. The highest BCUT2D eigenvalue weighted by atomic mass is 16.5. The molecule has 0 radical (unpaired) electrons. The van der Waals surface area contributed by atoms with Gasteiger partial charge in [-0.05, 0) is 43.5 Å². The Bertz CT molecular complexity index is 611. The van der Waals surface area contributed by atoms with Gasteiger partial charge in [-0.3, -0.25) is 4.79 Å². The predicted octanol–water partition coefficient (Wildman–Crippen LogP) is 2.14. The molecule has 1 aliphatic rings. The predicted molar refractivity (Wildman–Crippen MR) is 90.7 cm³/mol. The number of carbonyl (C=O) groups excluding carboxylic acids is 3. The largest absolute Gasteiger partial charge is 0.550 e. The van der Waals surface area contributed by atoms with Crippen LogP contribution >= 0.6 is 0 Å². The van der Waals surface area contributed by atoms with Crippen molar-refractivity contribution in [1.82, 2.24) is 0 Å².